The van der Waals surface area contributed by atoms with E-state index in [4.69, 9.17) is 19.6 Å². The Bertz CT molecular complexity index is 906. The van der Waals surface area contributed by atoms with Gasteiger partial charge in [0.05, 0.1) is 19.9 Å². The standard InChI is InChI=1S/C21H23N3O4/c1-4-24-20(22)17(23-21(24)25)11-15-7-10-18(19(12-15)27-3)28-13-14-5-8-16(26-2)9-6-14/h5-12,22H,4,13H2,1-3H3,(H,23,25). The van der Waals surface area contributed by atoms with E-state index in [9.17, 15) is 4.79 Å². The highest BCUT2D eigenvalue weighted by molar-refractivity contribution is 6.15. The number of ether oxygens (including phenoxy) is 3. The van der Waals surface area contributed by atoms with Crippen molar-refractivity contribution in [2.75, 3.05) is 20.8 Å². The largest absolute Gasteiger partial charge is 0.497 e. The van der Waals surface area contributed by atoms with Crippen molar-refractivity contribution in [2.24, 2.45) is 0 Å². The molecule has 0 unspecified atom stereocenters. The van der Waals surface area contributed by atoms with Gasteiger partial charge in [-0.05, 0) is 48.4 Å². The van der Waals surface area contributed by atoms with Crippen LogP contribution in [0.3, 0.4) is 0 Å². The van der Waals surface area contributed by atoms with Gasteiger partial charge in [-0.25, -0.2) is 4.79 Å². The van der Waals surface area contributed by atoms with Crippen molar-refractivity contribution in [3.05, 3.63) is 59.3 Å². The smallest absolute Gasteiger partial charge is 0.327 e. The Kier molecular flexibility index (Phi) is 5.84. The number of benzene rings is 2. The van der Waals surface area contributed by atoms with Gasteiger partial charge in [0.25, 0.3) is 0 Å². The first-order valence-electron chi connectivity index (χ1n) is 8.88. The van der Waals surface area contributed by atoms with E-state index in [1.807, 2.05) is 49.4 Å². The molecule has 146 valence electrons. The summed E-state index contributed by atoms with van der Waals surface area (Å²) < 4.78 is 16.5. The molecular formula is C21H23N3O4. The molecule has 7 nitrogen and oxygen atoms in total. The number of methoxy groups -OCH3 is 2. The van der Waals surface area contributed by atoms with Gasteiger partial charge in [0.15, 0.2) is 17.3 Å². The van der Waals surface area contributed by atoms with Crippen LogP contribution in [-0.4, -0.2) is 37.5 Å². The Balaban J connectivity index is 1.74. The molecule has 0 aliphatic carbocycles. The van der Waals surface area contributed by atoms with Crippen LogP contribution in [0.2, 0.25) is 0 Å². The topological polar surface area (TPSA) is 83.9 Å². The van der Waals surface area contributed by atoms with Crippen LogP contribution in [0.25, 0.3) is 6.08 Å². The number of nitrogens with one attached hydrogen (secondary N) is 2. The number of hydrogen-bond acceptors (Lipinski definition) is 5. The van der Waals surface area contributed by atoms with Crippen LogP contribution in [-0.2, 0) is 6.61 Å². The van der Waals surface area contributed by atoms with E-state index in [0.717, 1.165) is 16.9 Å². The van der Waals surface area contributed by atoms with Gasteiger partial charge in [0, 0.05) is 6.54 Å². The highest BCUT2D eigenvalue weighted by Gasteiger charge is 2.28. The van der Waals surface area contributed by atoms with Crippen molar-refractivity contribution >= 4 is 17.9 Å². The fourth-order valence-electron chi connectivity index (χ4n) is 2.84. The number of amidine groups is 1. The third-order valence-corrected chi connectivity index (χ3v) is 4.38. The molecule has 0 saturated carbocycles. The third-order valence-electron chi connectivity index (χ3n) is 4.38. The second-order valence-electron chi connectivity index (χ2n) is 6.13. The molecule has 0 bridgehead atoms. The number of carbonyl (C=O) groups is 1. The highest BCUT2D eigenvalue weighted by Crippen LogP contribution is 2.30. The second kappa shape index (κ2) is 8.47. The maximum Gasteiger partial charge on any atom is 0.327 e. The first kappa shape index (κ1) is 19.3. The van der Waals surface area contributed by atoms with Gasteiger partial charge in [-0.1, -0.05) is 18.2 Å². The average molecular weight is 381 g/mol. The van der Waals surface area contributed by atoms with Crippen molar-refractivity contribution in [3.8, 4) is 17.2 Å². The summed E-state index contributed by atoms with van der Waals surface area (Å²) in [7, 11) is 3.20. The summed E-state index contributed by atoms with van der Waals surface area (Å²) in [6.07, 6.45) is 1.74. The van der Waals surface area contributed by atoms with Crippen LogP contribution in [0.4, 0.5) is 4.79 Å². The quantitative estimate of drug-likeness (QED) is 0.767. The minimum atomic E-state index is -0.287. The number of hydrogen-bond donors (Lipinski definition) is 2. The van der Waals surface area contributed by atoms with Crippen LogP contribution < -0.4 is 19.5 Å². The number of rotatable bonds is 7. The highest BCUT2D eigenvalue weighted by atomic mass is 16.5. The van der Waals surface area contributed by atoms with Crippen LogP contribution in [0.5, 0.6) is 17.2 Å². The molecule has 1 fully saturated rings. The lowest BCUT2D eigenvalue weighted by Gasteiger charge is -2.12. The average Bonchev–Trinajstić information content (AvgIpc) is 2.99. The lowest BCUT2D eigenvalue weighted by molar-refractivity contribution is 0.230. The fraction of sp³-hybridized carbons (Fsp3) is 0.238. The van der Waals surface area contributed by atoms with Gasteiger partial charge < -0.3 is 19.5 Å². The minimum absolute atomic E-state index is 0.159. The van der Waals surface area contributed by atoms with Crippen molar-refractivity contribution in [3.63, 3.8) is 0 Å². The molecule has 1 heterocycles. The van der Waals surface area contributed by atoms with E-state index in [-0.39, 0.29) is 11.9 Å². The molecule has 7 heteroatoms. The Morgan fingerprint density at radius 3 is 2.43 bits per heavy atom. The number of likely N-dealkylation sites (N-methyl/N-ethyl adjacent to an activating group) is 1. The zero-order valence-electron chi connectivity index (χ0n) is 16.1. The molecule has 1 saturated heterocycles. The summed E-state index contributed by atoms with van der Waals surface area (Å²) in [6.45, 7) is 2.67. The van der Waals surface area contributed by atoms with E-state index in [2.05, 4.69) is 5.32 Å². The van der Waals surface area contributed by atoms with Gasteiger partial charge in [0.2, 0.25) is 0 Å². The molecule has 2 N–H and O–H groups in total. The van der Waals surface area contributed by atoms with E-state index in [0.29, 0.717) is 30.3 Å². The predicted molar refractivity (Wildman–Crippen MR) is 107 cm³/mol. The van der Waals surface area contributed by atoms with Crippen LogP contribution >= 0.6 is 0 Å². The molecule has 0 radical (unpaired) electrons. The van der Waals surface area contributed by atoms with Gasteiger partial charge in [0.1, 0.15) is 12.4 Å². The van der Waals surface area contributed by atoms with Gasteiger partial charge in [-0.3, -0.25) is 10.3 Å². The number of urea groups is 1. The zero-order valence-corrected chi connectivity index (χ0v) is 16.1. The zero-order chi connectivity index (χ0) is 20.1. The minimum Gasteiger partial charge on any atom is -0.497 e. The molecule has 2 aromatic carbocycles. The fourth-order valence-corrected chi connectivity index (χ4v) is 2.84. The van der Waals surface area contributed by atoms with E-state index in [1.165, 1.54) is 4.90 Å². The van der Waals surface area contributed by atoms with Gasteiger partial charge in [-0.15, -0.1) is 0 Å². The molecule has 2 aromatic rings. The lowest BCUT2D eigenvalue weighted by Crippen LogP contribution is -2.29. The van der Waals surface area contributed by atoms with Crippen molar-refractivity contribution < 1.29 is 19.0 Å². The van der Waals surface area contributed by atoms with Gasteiger partial charge >= 0.3 is 6.03 Å². The number of nitrogens with zero attached hydrogens (tertiary/aromatic N) is 1. The maximum absolute atomic E-state index is 11.8. The van der Waals surface area contributed by atoms with Crippen molar-refractivity contribution in [1.82, 2.24) is 10.2 Å². The Hall–Kier alpha value is -3.48. The summed E-state index contributed by atoms with van der Waals surface area (Å²) in [5.41, 5.74) is 2.27. The summed E-state index contributed by atoms with van der Waals surface area (Å²) in [4.78, 5) is 13.2. The Morgan fingerprint density at radius 2 is 1.82 bits per heavy atom. The van der Waals surface area contributed by atoms with Crippen molar-refractivity contribution in [1.29, 1.82) is 5.41 Å². The summed E-state index contributed by atoms with van der Waals surface area (Å²) in [6, 6.07) is 12.8. The molecule has 28 heavy (non-hydrogen) atoms. The first-order valence-corrected chi connectivity index (χ1v) is 8.88. The van der Waals surface area contributed by atoms with Crippen LogP contribution in [0.1, 0.15) is 18.1 Å². The molecule has 2 amide bonds. The molecule has 3 rings (SSSR count). The number of carbonyl (C=O) groups excluding carboxylic acids is 1. The van der Waals surface area contributed by atoms with Crippen LogP contribution in [0.15, 0.2) is 48.2 Å². The third kappa shape index (κ3) is 4.09. The molecule has 1 aliphatic rings. The molecule has 0 atom stereocenters. The monoisotopic (exact) mass is 381 g/mol. The summed E-state index contributed by atoms with van der Waals surface area (Å²) in [5.74, 6) is 2.14. The lowest BCUT2D eigenvalue weighted by atomic mass is 10.1. The van der Waals surface area contributed by atoms with E-state index in [1.54, 1.807) is 20.3 Å². The Labute approximate surface area is 164 Å². The normalized spacial score (nSPS) is 15.0. The molecule has 0 aromatic heterocycles. The SMILES string of the molecule is CCN1C(=N)C(=Cc2ccc(OCc3ccc(OC)cc3)c(OC)c2)NC1=O. The molecule has 0 spiro atoms. The molecular weight excluding hydrogens is 358 g/mol. The van der Waals surface area contributed by atoms with Gasteiger partial charge in [-0.2, -0.15) is 0 Å². The first-order chi connectivity index (χ1) is 13.5. The predicted octanol–water partition coefficient (Wildman–Crippen LogP) is 3.65. The summed E-state index contributed by atoms with van der Waals surface area (Å²) in [5, 5.41) is 10.8. The number of amides is 2. The Morgan fingerprint density at radius 1 is 1.07 bits per heavy atom. The molecule has 1 aliphatic heterocycles. The summed E-state index contributed by atoms with van der Waals surface area (Å²) >= 11 is 0. The van der Waals surface area contributed by atoms with Crippen LogP contribution in [0, 0.1) is 5.41 Å². The van der Waals surface area contributed by atoms with E-state index >= 15 is 0 Å². The second-order valence-corrected chi connectivity index (χ2v) is 6.13. The maximum atomic E-state index is 11.8. The van der Waals surface area contributed by atoms with E-state index < -0.39 is 0 Å². The van der Waals surface area contributed by atoms with Crippen molar-refractivity contribution in [2.45, 2.75) is 13.5 Å².